The number of rotatable bonds is 1. The predicted octanol–water partition coefficient (Wildman–Crippen LogP) is 3.89. The molecule has 1 atom stereocenters. The first-order valence-corrected chi connectivity index (χ1v) is 9.04. The number of hydrazine groups is 1. The topological polar surface area (TPSA) is 32.5 Å². The smallest absolute Gasteiger partial charge is 0.0707 e. The van der Waals surface area contributed by atoms with E-state index in [9.17, 15) is 0 Å². The van der Waals surface area contributed by atoms with E-state index in [0.29, 0.717) is 0 Å². The Morgan fingerprint density at radius 2 is 1.20 bits per heavy atom. The molecule has 1 unspecified atom stereocenters. The molecular formula is C17H35N3. The molecule has 20 heavy (non-hydrogen) atoms. The van der Waals surface area contributed by atoms with Crippen LogP contribution in [-0.4, -0.2) is 35.8 Å². The lowest BCUT2D eigenvalue weighted by atomic mass is 10.0. The van der Waals surface area contributed by atoms with Gasteiger partial charge < -0.3 is 5.73 Å². The summed E-state index contributed by atoms with van der Waals surface area (Å²) in [6.07, 6.45) is 18.1. The van der Waals surface area contributed by atoms with Gasteiger partial charge in [-0.25, -0.2) is 10.0 Å². The number of hydrogen-bond donors (Lipinski definition) is 1. The van der Waals surface area contributed by atoms with E-state index in [2.05, 4.69) is 17.1 Å². The highest BCUT2D eigenvalue weighted by Gasteiger charge is 2.25. The highest BCUT2D eigenvalue weighted by Crippen LogP contribution is 2.24. The van der Waals surface area contributed by atoms with E-state index in [1.807, 2.05) is 0 Å². The maximum Gasteiger partial charge on any atom is 0.0707 e. The Balaban J connectivity index is 1.99. The van der Waals surface area contributed by atoms with Crippen LogP contribution >= 0.6 is 0 Å². The Labute approximate surface area is 125 Å². The third-order valence-electron chi connectivity index (χ3n) is 5.27. The minimum atomic E-state index is 0.223. The Morgan fingerprint density at radius 3 is 1.85 bits per heavy atom. The molecule has 0 radical (unpaired) electrons. The predicted molar refractivity (Wildman–Crippen MR) is 86.3 cm³/mol. The van der Waals surface area contributed by atoms with Crippen LogP contribution in [-0.2, 0) is 0 Å². The molecule has 1 aliphatic carbocycles. The molecule has 118 valence electrons. The Morgan fingerprint density at radius 1 is 0.700 bits per heavy atom. The summed E-state index contributed by atoms with van der Waals surface area (Å²) in [6.45, 7) is 1.22. The highest BCUT2D eigenvalue weighted by atomic mass is 15.6. The van der Waals surface area contributed by atoms with Crippen molar-refractivity contribution in [3.8, 4) is 0 Å². The minimum absolute atomic E-state index is 0.223. The molecule has 2 fully saturated rings. The van der Waals surface area contributed by atoms with E-state index in [1.165, 1.54) is 83.6 Å². The zero-order valence-corrected chi connectivity index (χ0v) is 13.5. The molecule has 2 rings (SSSR count). The summed E-state index contributed by atoms with van der Waals surface area (Å²) in [6, 6.07) is 0.738. The van der Waals surface area contributed by atoms with Gasteiger partial charge in [0.1, 0.15) is 0 Å². The molecule has 2 N–H and O–H groups in total. The second-order valence-electron chi connectivity index (χ2n) is 6.86. The van der Waals surface area contributed by atoms with Crippen LogP contribution in [0.1, 0.15) is 83.5 Å². The lowest BCUT2D eigenvalue weighted by molar-refractivity contribution is -0.0762. The first kappa shape index (κ1) is 16.3. The summed E-state index contributed by atoms with van der Waals surface area (Å²) in [4.78, 5) is 0. The van der Waals surface area contributed by atoms with Crippen LogP contribution in [0.4, 0.5) is 0 Å². The molecule has 1 heterocycles. The van der Waals surface area contributed by atoms with Crippen LogP contribution in [0.5, 0.6) is 0 Å². The van der Waals surface area contributed by atoms with E-state index in [1.54, 1.807) is 0 Å². The highest BCUT2D eigenvalue weighted by molar-refractivity contribution is 4.75. The Hall–Kier alpha value is -0.120. The summed E-state index contributed by atoms with van der Waals surface area (Å²) >= 11 is 0. The number of hydrogen-bond acceptors (Lipinski definition) is 3. The van der Waals surface area contributed by atoms with Gasteiger partial charge in [0.25, 0.3) is 0 Å². The molecular weight excluding hydrogens is 246 g/mol. The Bertz CT molecular complexity index is 247. The monoisotopic (exact) mass is 281 g/mol. The van der Waals surface area contributed by atoms with E-state index < -0.39 is 0 Å². The molecule has 3 heteroatoms. The van der Waals surface area contributed by atoms with Crippen molar-refractivity contribution in [2.24, 2.45) is 5.73 Å². The van der Waals surface area contributed by atoms with Crippen molar-refractivity contribution in [3.63, 3.8) is 0 Å². The lowest BCUT2D eigenvalue weighted by Gasteiger charge is -2.41. The van der Waals surface area contributed by atoms with E-state index >= 15 is 0 Å². The van der Waals surface area contributed by atoms with Gasteiger partial charge in [0.05, 0.1) is 6.17 Å². The minimum Gasteiger partial charge on any atom is -0.315 e. The molecule has 1 saturated heterocycles. The van der Waals surface area contributed by atoms with E-state index in [0.717, 1.165) is 12.5 Å². The zero-order valence-electron chi connectivity index (χ0n) is 13.5. The normalized spacial score (nSPS) is 30.6. The molecule has 0 spiro atoms. The van der Waals surface area contributed by atoms with Crippen molar-refractivity contribution in [2.75, 3.05) is 13.6 Å². The standard InChI is InChI=1S/C17H35N3/c1-19-17(18)14-10-6-7-11-15-20(19)16-12-8-4-2-3-5-9-13-16/h16-17H,2-15,18H2,1H3. The van der Waals surface area contributed by atoms with Crippen molar-refractivity contribution in [3.05, 3.63) is 0 Å². The molecule has 0 aromatic rings. The average Bonchev–Trinajstić information content (AvgIpc) is 2.63. The van der Waals surface area contributed by atoms with Crippen LogP contribution in [0.3, 0.4) is 0 Å². The molecule has 0 aromatic carbocycles. The summed E-state index contributed by atoms with van der Waals surface area (Å²) in [5.41, 5.74) is 6.40. The van der Waals surface area contributed by atoms with E-state index in [4.69, 9.17) is 5.73 Å². The van der Waals surface area contributed by atoms with E-state index in [-0.39, 0.29) is 6.17 Å². The van der Waals surface area contributed by atoms with Gasteiger partial charge in [0.15, 0.2) is 0 Å². The third kappa shape index (κ3) is 5.01. The van der Waals surface area contributed by atoms with Gasteiger partial charge in [-0.15, -0.1) is 0 Å². The molecule has 3 nitrogen and oxygen atoms in total. The fourth-order valence-corrected chi connectivity index (χ4v) is 3.87. The van der Waals surface area contributed by atoms with Gasteiger partial charge in [-0.3, -0.25) is 0 Å². The quantitative estimate of drug-likeness (QED) is 0.791. The molecule has 0 aromatic heterocycles. The summed E-state index contributed by atoms with van der Waals surface area (Å²) in [7, 11) is 2.22. The fraction of sp³-hybridized carbons (Fsp3) is 1.00. The summed E-state index contributed by atoms with van der Waals surface area (Å²) < 4.78 is 0. The van der Waals surface area contributed by atoms with Gasteiger partial charge in [-0.2, -0.15) is 0 Å². The SMILES string of the molecule is CN1C(N)CCCCCCN1C1CCCCCCCC1. The first-order chi connectivity index (χ1) is 9.79. The van der Waals surface area contributed by atoms with Crippen LogP contribution in [0.2, 0.25) is 0 Å². The number of nitrogens with zero attached hydrogens (tertiary/aromatic N) is 2. The van der Waals surface area contributed by atoms with Crippen LogP contribution in [0.15, 0.2) is 0 Å². The van der Waals surface area contributed by atoms with Crippen LogP contribution in [0, 0.1) is 0 Å². The Kier molecular flexibility index (Phi) is 7.32. The maximum atomic E-state index is 6.40. The molecule has 1 aliphatic heterocycles. The van der Waals surface area contributed by atoms with Crippen molar-refractivity contribution < 1.29 is 0 Å². The van der Waals surface area contributed by atoms with Gasteiger partial charge >= 0.3 is 0 Å². The van der Waals surface area contributed by atoms with Gasteiger partial charge in [-0.1, -0.05) is 57.8 Å². The summed E-state index contributed by atoms with van der Waals surface area (Å²) in [5.74, 6) is 0. The lowest BCUT2D eigenvalue weighted by Crippen LogP contribution is -2.54. The van der Waals surface area contributed by atoms with Crippen molar-refractivity contribution in [1.82, 2.24) is 10.0 Å². The van der Waals surface area contributed by atoms with Crippen LogP contribution < -0.4 is 5.73 Å². The largest absolute Gasteiger partial charge is 0.315 e. The summed E-state index contributed by atoms with van der Waals surface area (Å²) in [5, 5.41) is 5.02. The average molecular weight is 281 g/mol. The zero-order chi connectivity index (χ0) is 14.2. The van der Waals surface area contributed by atoms with Crippen molar-refractivity contribution in [1.29, 1.82) is 0 Å². The molecule has 2 aliphatic rings. The third-order valence-corrected chi connectivity index (χ3v) is 5.27. The van der Waals surface area contributed by atoms with Crippen LogP contribution in [0.25, 0.3) is 0 Å². The first-order valence-electron chi connectivity index (χ1n) is 9.04. The van der Waals surface area contributed by atoms with Gasteiger partial charge in [0, 0.05) is 19.6 Å². The van der Waals surface area contributed by atoms with Crippen molar-refractivity contribution >= 4 is 0 Å². The van der Waals surface area contributed by atoms with Gasteiger partial charge in [-0.05, 0) is 25.7 Å². The van der Waals surface area contributed by atoms with Gasteiger partial charge in [0.2, 0.25) is 0 Å². The molecule has 1 saturated carbocycles. The van der Waals surface area contributed by atoms with Crippen molar-refractivity contribution in [2.45, 2.75) is 95.7 Å². The maximum absolute atomic E-state index is 6.40. The fourth-order valence-electron chi connectivity index (χ4n) is 3.87. The molecule has 0 bridgehead atoms. The molecule has 0 amide bonds. The second kappa shape index (κ2) is 9.01. The number of nitrogens with two attached hydrogens (primary N) is 1. The second-order valence-corrected chi connectivity index (χ2v) is 6.86.